The van der Waals surface area contributed by atoms with Gasteiger partial charge in [-0.25, -0.2) is 27.2 Å². The molecule has 3 saturated heterocycles. The number of hydroxylamine groups is 1. The number of halogens is 6. The number of aromatic nitrogens is 4. The molecule has 1 N–H and O–H groups in total. The molecule has 3 aliphatic heterocycles. The van der Waals surface area contributed by atoms with Gasteiger partial charge in [0.15, 0.2) is 35.5 Å². The number of rotatable bonds is 14. The van der Waals surface area contributed by atoms with Crippen LogP contribution in [0.5, 0.6) is 0 Å². The largest absolute Gasteiger partial charge is 0.459 e. The van der Waals surface area contributed by atoms with E-state index in [-0.39, 0.29) is 86.1 Å². The summed E-state index contributed by atoms with van der Waals surface area (Å²) >= 11 is 0. The number of nitrogens with zero attached hydrogens (tertiary/aromatic N) is 4. The Kier molecular flexibility index (Phi) is 17.7. The molecule has 0 spiro atoms. The molecule has 1 unspecified atom stereocenters. The lowest BCUT2D eigenvalue weighted by atomic mass is 9.98. The number of benzene rings is 2. The quantitative estimate of drug-likeness (QED) is 0.0724. The van der Waals surface area contributed by atoms with Gasteiger partial charge in [0, 0.05) is 88.7 Å². The van der Waals surface area contributed by atoms with Gasteiger partial charge in [-0.05, 0) is 83.6 Å². The average molecular weight is 1040 g/mol. The van der Waals surface area contributed by atoms with Crippen LogP contribution >= 0.6 is 0 Å². The second-order valence-corrected chi connectivity index (χ2v) is 22.7. The molecule has 1 atom stereocenters. The summed E-state index contributed by atoms with van der Waals surface area (Å²) in [5.74, 6) is -1.57. The summed E-state index contributed by atoms with van der Waals surface area (Å²) in [7, 11) is -8.28. The third-order valence-corrected chi connectivity index (χ3v) is 16.9. The van der Waals surface area contributed by atoms with Crippen LogP contribution in [0.2, 0.25) is 0 Å². The van der Waals surface area contributed by atoms with Crippen LogP contribution in [-0.4, -0.2) is 115 Å². The van der Waals surface area contributed by atoms with Gasteiger partial charge in [-0.2, -0.15) is 26.3 Å². The lowest BCUT2D eigenvalue weighted by Gasteiger charge is -2.36. The Hall–Kier alpha value is -5.14. The molecule has 4 aromatic rings. The molecule has 16 nitrogen and oxygen atoms in total. The summed E-state index contributed by atoms with van der Waals surface area (Å²) in [5, 5.41) is 0. The van der Waals surface area contributed by atoms with Crippen LogP contribution in [0, 0.1) is 0 Å². The fourth-order valence-electron chi connectivity index (χ4n) is 7.86. The highest BCUT2D eigenvalue weighted by molar-refractivity contribution is 7.94. The number of alkyl halides is 6. The van der Waals surface area contributed by atoms with E-state index in [2.05, 4.69) is 25.4 Å². The maximum atomic E-state index is 13.7. The van der Waals surface area contributed by atoms with Crippen LogP contribution in [0.1, 0.15) is 89.9 Å². The van der Waals surface area contributed by atoms with Crippen LogP contribution in [0.25, 0.3) is 22.5 Å². The van der Waals surface area contributed by atoms with Crippen LogP contribution in [0.15, 0.2) is 83.1 Å². The van der Waals surface area contributed by atoms with Crippen molar-refractivity contribution < 1.29 is 76.6 Å². The number of nitrogens with one attached hydrogen (secondary N) is 1. The Morgan fingerprint density at radius 1 is 0.634 bits per heavy atom. The standard InChI is InChI=1S/C24H28F3N3O6S.C23H27F3N2O5S/c25-24(26,27)9-8-18-15-29-20(16-28-18)17-4-6-19(7-5-17)37(32,33)23(10-13-34-14-11-23)22(31)30-36-21-3-1-2-12-35-21;1-21(2,3)33-20(29)22(10-12-32-13-11-22)34(30,31)18-6-4-16(5-7-18)19-15-27-17(14-28-19)8-9-23(24,25)26/h4-7,15-16,21H,1-3,8-14H2,(H,30,31);4-7,14-15H,8-13H2,1-3H3. The van der Waals surface area contributed by atoms with Gasteiger partial charge >= 0.3 is 18.3 Å². The van der Waals surface area contributed by atoms with Crippen molar-refractivity contribution in [2.75, 3.05) is 33.0 Å². The normalized spacial score (nSPS) is 18.6. The molecule has 2 aromatic carbocycles. The number of aryl methyl sites for hydroxylation is 2. The van der Waals surface area contributed by atoms with E-state index >= 15 is 0 Å². The van der Waals surface area contributed by atoms with Gasteiger partial charge < -0.3 is 18.9 Å². The number of ether oxygens (including phenoxy) is 4. The smallest absolute Gasteiger partial charge is 0.389 e. The number of sulfone groups is 2. The first-order chi connectivity index (χ1) is 33.3. The Morgan fingerprint density at radius 2 is 1.07 bits per heavy atom. The van der Waals surface area contributed by atoms with Gasteiger partial charge in [0.25, 0.3) is 5.91 Å². The van der Waals surface area contributed by atoms with Gasteiger partial charge in [0.1, 0.15) is 5.60 Å². The molecule has 0 saturated carbocycles. The number of hydrogen-bond acceptors (Lipinski definition) is 15. The van der Waals surface area contributed by atoms with Crippen LogP contribution in [-0.2, 0) is 65.9 Å². The monoisotopic (exact) mass is 1040 g/mol. The summed E-state index contributed by atoms with van der Waals surface area (Å²) in [6, 6.07) is 11.6. The fraction of sp³-hybridized carbons (Fsp3) is 0.532. The molecular weight excluding hydrogens is 989 g/mol. The Balaban J connectivity index is 0.000000233. The molecular formula is C47H55F6N5O11S2. The topological polar surface area (TPSA) is 212 Å². The number of carbonyl (C=O) groups excluding carboxylic acids is 2. The molecule has 3 fully saturated rings. The summed E-state index contributed by atoms with van der Waals surface area (Å²) in [4.78, 5) is 47.9. The zero-order valence-corrected chi connectivity index (χ0v) is 40.8. The molecule has 1 amide bonds. The molecule has 24 heteroatoms. The van der Waals surface area contributed by atoms with Crippen molar-refractivity contribution in [1.82, 2.24) is 25.4 Å². The SMILES string of the molecule is CC(C)(C)OC(=O)C1(S(=O)(=O)c2ccc(-c3cnc(CCC(F)(F)F)cn3)cc2)CCOCC1.O=C(NOC1CCCCO1)C1(S(=O)(=O)c2ccc(-c3cnc(CCC(F)(F)F)cn3)cc2)CCOCC1. The second kappa shape index (κ2) is 22.7. The van der Waals surface area contributed by atoms with Crippen molar-refractivity contribution in [2.24, 2.45) is 0 Å². The average Bonchev–Trinajstić information content (AvgIpc) is 3.34. The molecule has 7 rings (SSSR count). The van der Waals surface area contributed by atoms with Crippen molar-refractivity contribution in [1.29, 1.82) is 0 Å². The summed E-state index contributed by atoms with van der Waals surface area (Å²) in [6.45, 7) is 5.96. The Labute approximate surface area is 407 Å². The first-order valence-electron chi connectivity index (χ1n) is 22.8. The number of esters is 1. The van der Waals surface area contributed by atoms with Crippen molar-refractivity contribution in [3.8, 4) is 22.5 Å². The van der Waals surface area contributed by atoms with Crippen molar-refractivity contribution in [3.05, 3.63) is 84.7 Å². The molecule has 388 valence electrons. The van der Waals surface area contributed by atoms with E-state index in [4.69, 9.17) is 23.8 Å². The highest BCUT2D eigenvalue weighted by Crippen LogP contribution is 2.39. The zero-order valence-electron chi connectivity index (χ0n) is 39.2. The van der Waals surface area contributed by atoms with Crippen LogP contribution in [0.4, 0.5) is 26.3 Å². The number of carbonyl (C=O) groups is 2. The van der Waals surface area contributed by atoms with Crippen molar-refractivity contribution >= 4 is 31.6 Å². The van der Waals surface area contributed by atoms with Gasteiger partial charge in [-0.1, -0.05) is 24.3 Å². The maximum absolute atomic E-state index is 13.7. The van der Waals surface area contributed by atoms with Crippen LogP contribution in [0.3, 0.4) is 0 Å². The molecule has 5 heterocycles. The minimum atomic E-state index is -4.28. The van der Waals surface area contributed by atoms with E-state index in [9.17, 15) is 52.8 Å². The molecule has 0 aliphatic carbocycles. The highest BCUT2D eigenvalue weighted by Gasteiger charge is 2.55. The van der Waals surface area contributed by atoms with Gasteiger partial charge in [-0.15, -0.1) is 0 Å². The van der Waals surface area contributed by atoms with Crippen molar-refractivity contribution in [3.63, 3.8) is 0 Å². The Morgan fingerprint density at radius 3 is 1.45 bits per heavy atom. The predicted molar refractivity (Wildman–Crippen MR) is 242 cm³/mol. The van der Waals surface area contributed by atoms with E-state index in [0.717, 1.165) is 12.8 Å². The summed E-state index contributed by atoms with van der Waals surface area (Å²) < 4.78 is 147. The van der Waals surface area contributed by atoms with E-state index < -0.39 is 78.1 Å². The number of amides is 1. The van der Waals surface area contributed by atoms with Crippen molar-refractivity contribution in [2.45, 2.75) is 135 Å². The fourth-order valence-corrected chi connectivity index (χ4v) is 11.7. The zero-order chi connectivity index (χ0) is 51.7. The molecule has 3 aliphatic rings. The molecule has 0 radical (unpaired) electrons. The van der Waals surface area contributed by atoms with Crippen LogP contribution < -0.4 is 5.48 Å². The second-order valence-electron chi connectivity index (χ2n) is 18.1. The lowest BCUT2D eigenvalue weighted by molar-refractivity contribution is -0.202. The maximum Gasteiger partial charge on any atom is 0.389 e. The molecule has 71 heavy (non-hydrogen) atoms. The minimum absolute atomic E-state index is 0.0170. The van der Waals surface area contributed by atoms with Gasteiger partial charge in [0.2, 0.25) is 0 Å². The lowest BCUT2D eigenvalue weighted by Crippen LogP contribution is -2.56. The summed E-state index contributed by atoms with van der Waals surface area (Å²) in [6.07, 6.45) is -4.24. The first-order valence-corrected chi connectivity index (χ1v) is 25.7. The van der Waals surface area contributed by atoms with Gasteiger partial charge in [-0.3, -0.25) is 29.5 Å². The van der Waals surface area contributed by atoms with E-state index in [0.29, 0.717) is 35.5 Å². The van der Waals surface area contributed by atoms with E-state index in [1.165, 1.54) is 73.3 Å². The third-order valence-electron chi connectivity index (χ3n) is 11.9. The minimum Gasteiger partial charge on any atom is -0.459 e. The summed E-state index contributed by atoms with van der Waals surface area (Å²) in [5.41, 5.74) is 3.68. The highest BCUT2D eigenvalue weighted by atomic mass is 32.2. The van der Waals surface area contributed by atoms with E-state index in [1.54, 1.807) is 20.8 Å². The molecule has 0 bridgehead atoms. The predicted octanol–water partition coefficient (Wildman–Crippen LogP) is 7.84. The first kappa shape index (κ1) is 55.2. The number of hydrogen-bond donors (Lipinski definition) is 1. The third kappa shape index (κ3) is 14.1. The Bertz CT molecular complexity index is 2630. The van der Waals surface area contributed by atoms with E-state index in [1.807, 2.05) is 0 Å². The molecule has 2 aromatic heterocycles. The van der Waals surface area contributed by atoms with Gasteiger partial charge in [0.05, 0.1) is 45.0 Å².